The fourth-order valence-electron chi connectivity index (χ4n) is 2.18. The summed E-state index contributed by atoms with van der Waals surface area (Å²) in [5.41, 5.74) is 6.42. The third-order valence-corrected chi connectivity index (χ3v) is 6.07. The van der Waals surface area contributed by atoms with Crippen LogP contribution in [0, 0.1) is 0 Å². The lowest BCUT2D eigenvalue weighted by Gasteiger charge is -2.26. The molecule has 120 valence electrons. The Morgan fingerprint density at radius 1 is 1.38 bits per heavy atom. The summed E-state index contributed by atoms with van der Waals surface area (Å²) in [6.45, 7) is 3.04. The van der Waals surface area contributed by atoms with Gasteiger partial charge < -0.3 is 10.6 Å². The van der Waals surface area contributed by atoms with Crippen LogP contribution in [0.4, 0.5) is 0 Å². The van der Waals surface area contributed by atoms with Crippen molar-refractivity contribution >= 4 is 21.6 Å². The van der Waals surface area contributed by atoms with E-state index in [0.717, 1.165) is 17.7 Å². The Morgan fingerprint density at radius 2 is 2.10 bits per heavy atom. The Hall–Kier alpha value is -0.560. The maximum absolute atomic E-state index is 12.4. The topological polar surface area (TPSA) is 63.4 Å². The van der Waals surface area contributed by atoms with E-state index in [1.54, 1.807) is 30.0 Å². The Morgan fingerprint density at radius 3 is 2.67 bits per heavy atom. The van der Waals surface area contributed by atoms with Crippen molar-refractivity contribution in [3.8, 4) is 0 Å². The first-order valence-electron chi connectivity index (χ1n) is 7.15. The van der Waals surface area contributed by atoms with Crippen LogP contribution in [0.3, 0.4) is 0 Å². The number of rotatable bonds is 9. The Labute approximate surface area is 133 Å². The monoisotopic (exact) mass is 330 g/mol. The van der Waals surface area contributed by atoms with Crippen LogP contribution in [0.2, 0.25) is 0 Å². The average molecular weight is 331 g/mol. The minimum atomic E-state index is -3.25. The summed E-state index contributed by atoms with van der Waals surface area (Å²) in [5.74, 6) is 1.16. The van der Waals surface area contributed by atoms with Crippen molar-refractivity contribution in [1.29, 1.82) is 0 Å². The zero-order valence-electron chi connectivity index (χ0n) is 13.1. The molecule has 0 aliphatic carbocycles. The van der Waals surface area contributed by atoms with Crippen molar-refractivity contribution in [3.05, 3.63) is 29.8 Å². The lowest BCUT2D eigenvalue weighted by molar-refractivity contribution is 0.270. The smallest absolute Gasteiger partial charge is 0.179 e. The molecular formula is C15H26N2O2S2. The molecule has 1 aromatic carbocycles. The summed E-state index contributed by atoms with van der Waals surface area (Å²) >= 11 is 1.79. The molecule has 0 aliphatic heterocycles. The number of sulfone groups is 1. The number of hydrogen-bond acceptors (Lipinski definition) is 5. The molecule has 0 heterocycles. The first-order chi connectivity index (χ1) is 9.94. The van der Waals surface area contributed by atoms with Gasteiger partial charge in [-0.25, -0.2) is 8.42 Å². The van der Waals surface area contributed by atoms with E-state index in [1.165, 1.54) is 0 Å². The van der Waals surface area contributed by atoms with Crippen LogP contribution in [0.25, 0.3) is 0 Å². The van der Waals surface area contributed by atoms with Crippen molar-refractivity contribution in [3.63, 3.8) is 0 Å². The van der Waals surface area contributed by atoms with E-state index in [4.69, 9.17) is 5.73 Å². The highest BCUT2D eigenvalue weighted by atomic mass is 32.2. The van der Waals surface area contributed by atoms with E-state index >= 15 is 0 Å². The van der Waals surface area contributed by atoms with Gasteiger partial charge in [0.2, 0.25) is 0 Å². The zero-order valence-corrected chi connectivity index (χ0v) is 14.7. The molecule has 0 bridgehead atoms. The van der Waals surface area contributed by atoms with Crippen LogP contribution < -0.4 is 5.73 Å². The molecule has 0 fully saturated rings. The first-order valence-corrected chi connectivity index (χ1v) is 10.2. The van der Waals surface area contributed by atoms with Gasteiger partial charge in [-0.1, -0.05) is 19.1 Å². The van der Waals surface area contributed by atoms with Crippen molar-refractivity contribution in [2.45, 2.75) is 30.8 Å². The molecule has 0 aliphatic rings. The fraction of sp³-hybridized carbons (Fsp3) is 0.600. The minimum Gasteiger partial charge on any atom is -0.326 e. The Kier molecular flexibility index (Phi) is 7.73. The van der Waals surface area contributed by atoms with Gasteiger partial charge in [0.15, 0.2) is 9.84 Å². The van der Waals surface area contributed by atoms with Gasteiger partial charge in [0.05, 0.1) is 10.6 Å². The van der Waals surface area contributed by atoms with Crippen molar-refractivity contribution in [1.82, 2.24) is 4.90 Å². The van der Waals surface area contributed by atoms with Gasteiger partial charge in [-0.05, 0) is 37.4 Å². The summed E-state index contributed by atoms with van der Waals surface area (Å²) in [6.07, 6.45) is 3.10. The summed E-state index contributed by atoms with van der Waals surface area (Å²) < 4.78 is 24.8. The minimum absolute atomic E-state index is 0.141. The molecule has 1 rings (SSSR count). The summed E-state index contributed by atoms with van der Waals surface area (Å²) in [7, 11) is -1.25. The number of hydrogen-bond donors (Lipinski definition) is 1. The van der Waals surface area contributed by atoms with Gasteiger partial charge in [-0.15, -0.1) is 0 Å². The van der Waals surface area contributed by atoms with E-state index in [9.17, 15) is 8.42 Å². The number of thioether (sulfide) groups is 1. The van der Waals surface area contributed by atoms with E-state index in [0.29, 0.717) is 24.0 Å². The van der Waals surface area contributed by atoms with Gasteiger partial charge in [-0.2, -0.15) is 11.8 Å². The number of nitrogens with two attached hydrogens (primary N) is 1. The van der Waals surface area contributed by atoms with Crippen LogP contribution in [-0.2, 0) is 16.4 Å². The van der Waals surface area contributed by atoms with Crippen molar-refractivity contribution < 1.29 is 8.42 Å². The second kappa shape index (κ2) is 8.78. The molecule has 1 atom stereocenters. The number of nitrogens with zero attached hydrogens (tertiary/aromatic N) is 1. The molecule has 0 aromatic heterocycles. The average Bonchev–Trinajstić information content (AvgIpc) is 2.50. The summed E-state index contributed by atoms with van der Waals surface area (Å²) in [5, 5.41) is 0. The van der Waals surface area contributed by atoms with Crippen LogP contribution in [0.1, 0.15) is 18.9 Å². The molecule has 21 heavy (non-hydrogen) atoms. The SMILES string of the molecule is CCC(CSC)N(C)CCS(=O)(=O)c1cccc(CN)c1. The van der Waals surface area contributed by atoms with Crippen LogP contribution >= 0.6 is 11.8 Å². The third kappa shape index (κ3) is 5.62. The van der Waals surface area contributed by atoms with Crippen LogP contribution in [0.15, 0.2) is 29.2 Å². The van der Waals surface area contributed by atoms with Gasteiger partial charge in [0, 0.05) is 24.9 Å². The Bertz CT molecular complexity index is 532. The molecule has 6 heteroatoms. The van der Waals surface area contributed by atoms with Crippen molar-refractivity contribution in [2.75, 3.05) is 31.4 Å². The summed E-state index contributed by atoms with van der Waals surface area (Å²) in [4.78, 5) is 2.51. The largest absolute Gasteiger partial charge is 0.326 e. The third-order valence-electron chi connectivity index (χ3n) is 3.66. The van der Waals surface area contributed by atoms with Gasteiger partial charge in [0.1, 0.15) is 0 Å². The molecule has 1 aromatic rings. The second-order valence-electron chi connectivity index (χ2n) is 5.17. The molecule has 2 N–H and O–H groups in total. The highest BCUT2D eigenvalue weighted by Crippen LogP contribution is 2.15. The van der Waals surface area contributed by atoms with Crippen LogP contribution in [0.5, 0.6) is 0 Å². The molecule has 0 saturated carbocycles. The molecule has 1 unspecified atom stereocenters. The normalized spacial score (nSPS) is 13.6. The molecule has 0 amide bonds. The Balaban J connectivity index is 2.72. The maximum Gasteiger partial charge on any atom is 0.179 e. The van der Waals surface area contributed by atoms with E-state index in [2.05, 4.69) is 18.1 Å². The lowest BCUT2D eigenvalue weighted by Crippen LogP contribution is -2.36. The highest BCUT2D eigenvalue weighted by molar-refractivity contribution is 7.98. The predicted octanol–water partition coefficient (Wildman–Crippen LogP) is 1.99. The van der Waals surface area contributed by atoms with Crippen molar-refractivity contribution in [2.24, 2.45) is 5.73 Å². The molecule has 0 radical (unpaired) electrons. The maximum atomic E-state index is 12.4. The highest BCUT2D eigenvalue weighted by Gasteiger charge is 2.18. The van der Waals surface area contributed by atoms with E-state index < -0.39 is 9.84 Å². The van der Waals surface area contributed by atoms with Gasteiger partial charge in [0.25, 0.3) is 0 Å². The molecule has 0 saturated heterocycles. The van der Waals surface area contributed by atoms with Crippen LogP contribution in [-0.4, -0.2) is 50.7 Å². The fourth-order valence-corrected chi connectivity index (χ4v) is 4.44. The molecule has 4 nitrogen and oxygen atoms in total. The number of benzene rings is 1. The predicted molar refractivity (Wildman–Crippen MR) is 91.5 cm³/mol. The standard InChI is InChI=1S/C15H26N2O2S2/c1-4-14(12-20-3)17(2)8-9-21(18,19)15-7-5-6-13(10-15)11-16/h5-7,10,14H,4,8-9,11-12,16H2,1-3H3. The zero-order chi connectivity index (χ0) is 15.9. The van der Waals surface area contributed by atoms with Gasteiger partial charge >= 0.3 is 0 Å². The molecule has 0 spiro atoms. The lowest BCUT2D eigenvalue weighted by atomic mass is 10.2. The molecular weight excluding hydrogens is 304 g/mol. The van der Waals surface area contributed by atoms with E-state index in [-0.39, 0.29) is 5.75 Å². The second-order valence-corrected chi connectivity index (χ2v) is 8.19. The summed E-state index contributed by atoms with van der Waals surface area (Å²) in [6, 6.07) is 7.34. The van der Waals surface area contributed by atoms with Gasteiger partial charge in [-0.3, -0.25) is 0 Å². The van der Waals surface area contributed by atoms with E-state index in [1.807, 2.05) is 13.1 Å². The first kappa shape index (κ1) is 18.5. The quantitative estimate of drug-likeness (QED) is 0.750.